The van der Waals surface area contributed by atoms with E-state index in [0.29, 0.717) is 22.6 Å². The number of rotatable bonds is 5. The number of amides is 1. The Hall–Kier alpha value is -4.89. The Labute approximate surface area is 217 Å². The number of carbonyl (C=O) groups is 1. The smallest absolute Gasteiger partial charge is 0.243 e. The monoisotopic (exact) mass is 505 g/mol. The molecule has 6 aromatic rings. The van der Waals surface area contributed by atoms with Gasteiger partial charge in [0.25, 0.3) is 0 Å². The number of benzene rings is 2. The van der Waals surface area contributed by atoms with E-state index in [1.807, 2.05) is 36.4 Å². The van der Waals surface area contributed by atoms with Crippen molar-refractivity contribution in [2.24, 2.45) is 11.8 Å². The van der Waals surface area contributed by atoms with Crippen LogP contribution in [0.1, 0.15) is 13.8 Å². The number of anilines is 1. The molecule has 0 atom stereocenters. The van der Waals surface area contributed by atoms with Crippen LogP contribution in [0.4, 0.5) is 10.1 Å². The second-order valence-corrected chi connectivity index (χ2v) is 9.42. The predicted octanol–water partition coefficient (Wildman–Crippen LogP) is 5.84. The third-order valence-corrected chi connectivity index (χ3v) is 6.57. The summed E-state index contributed by atoms with van der Waals surface area (Å²) in [6, 6.07) is 18.3. The van der Waals surface area contributed by atoms with Gasteiger partial charge in [-0.15, -0.1) is 0 Å². The number of halogens is 1. The molecule has 0 saturated heterocycles. The number of aromatic amines is 2. The van der Waals surface area contributed by atoms with E-state index in [4.69, 9.17) is 5.84 Å². The van der Waals surface area contributed by atoms with Crippen molar-refractivity contribution in [2.75, 3.05) is 5.01 Å². The van der Waals surface area contributed by atoms with Gasteiger partial charge in [0.1, 0.15) is 11.5 Å². The van der Waals surface area contributed by atoms with Crippen LogP contribution in [0.3, 0.4) is 0 Å². The Bertz CT molecular complexity index is 1820. The van der Waals surface area contributed by atoms with Gasteiger partial charge >= 0.3 is 0 Å². The molecule has 4 heterocycles. The summed E-state index contributed by atoms with van der Waals surface area (Å²) in [6.45, 7) is 3.59. The standard InChI is InChI=1S/C29H24FN7O/c1-16(2)29(38)37(31)19-10-17(13-32-15-19)18-11-23-27(35-36-28(23)33-14-18)26-12-22-20(7-5-9-25(22)34-26)21-6-3-4-8-24(21)30/h3-16,34H,31H2,1-2H3,(H,33,35,36). The van der Waals surface area contributed by atoms with Crippen molar-refractivity contribution in [1.29, 1.82) is 0 Å². The van der Waals surface area contributed by atoms with Crippen molar-refractivity contribution >= 4 is 33.5 Å². The average Bonchev–Trinajstić information content (AvgIpc) is 3.56. The molecule has 0 aliphatic rings. The van der Waals surface area contributed by atoms with Crippen LogP contribution in [0.15, 0.2) is 79.3 Å². The first-order valence-electron chi connectivity index (χ1n) is 12.2. The summed E-state index contributed by atoms with van der Waals surface area (Å²) < 4.78 is 14.6. The maximum atomic E-state index is 14.6. The van der Waals surface area contributed by atoms with E-state index in [0.717, 1.165) is 43.7 Å². The van der Waals surface area contributed by atoms with Gasteiger partial charge in [-0.3, -0.25) is 14.9 Å². The van der Waals surface area contributed by atoms with Gasteiger partial charge in [0, 0.05) is 51.3 Å². The second-order valence-electron chi connectivity index (χ2n) is 9.42. The fraction of sp³-hybridized carbons (Fsp3) is 0.103. The number of nitrogens with one attached hydrogen (secondary N) is 2. The first-order chi connectivity index (χ1) is 18.4. The minimum absolute atomic E-state index is 0.205. The van der Waals surface area contributed by atoms with Crippen molar-refractivity contribution in [3.63, 3.8) is 0 Å². The number of pyridine rings is 2. The molecule has 0 spiro atoms. The second kappa shape index (κ2) is 9.20. The summed E-state index contributed by atoms with van der Waals surface area (Å²) in [6.07, 6.45) is 4.97. The number of H-pyrrole nitrogens is 2. The van der Waals surface area contributed by atoms with E-state index in [1.165, 1.54) is 6.07 Å². The average molecular weight is 506 g/mol. The number of fused-ring (bicyclic) bond motifs is 2. The van der Waals surface area contributed by atoms with Gasteiger partial charge in [0.05, 0.1) is 17.6 Å². The highest BCUT2D eigenvalue weighted by Gasteiger charge is 2.18. The highest BCUT2D eigenvalue weighted by atomic mass is 19.1. The van der Waals surface area contributed by atoms with Crippen molar-refractivity contribution < 1.29 is 9.18 Å². The maximum absolute atomic E-state index is 14.6. The molecule has 4 N–H and O–H groups in total. The van der Waals surface area contributed by atoms with Crippen LogP contribution in [0, 0.1) is 11.7 Å². The quantitative estimate of drug-likeness (QED) is 0.155. The third kappa shape index (κ3) is 3.99. The minimum Gasteiger partial charge on any atom is -0.353 e. The molecule has 0 bridgehead atoms. The molecule has 0 aliphatic heterocycles. The van der Waals surface area contributed by atoms with Gasteiger partial charge < -0.3 is 4.98 Å². The number of hydrazine groups is 1. The number of nitrogens with zero attached hydrogens (tertiary/aromatic N) is 4. The lowest BCUT2D eigenvalue weighted by Gasteiger charge is -2.19. The normalized spacial score (nSPS) is 11.5. The molecule has 4 aromatic heterocycles. The molecule has 6 rings (SSSR count). The van der Waals surface area contributed by atoms with E-state index in [1.54, 1.807) is 50.6 Å². The molecular formula is C29H24FN7O. The summed E-state index contributed by atoms with van der Waals surface area (Å²) >= 11 is 0. The maximum Gasteiger partial charge on any atom is 0.243 e. The van der Waals surface area contributed by atoms with Crippen molar-refractivity contribution in [1.82, 2.24) is 25.1 Å². The molecule has 0 radical (unpaired) electrons. The molecule has 1 amide bonds. The number of aromatic nitrogens is 5. The zero-order chi connectivity index (χ0) is 26.4. The van der Waals surface area contributed by atoms with Gasteiger partial charge in [0.15, 0.2) is 5.65 Å². The Morgan fingerprint density at radius 3 is 2.55 bits per heavy atom. The van der Waals surface area contributed by atoms with Gasteiger partial charge in [0.2, 0.25) is 5.91 Å². The number of hydrogen-bond acceptors (Lipinski definition) is 5. The molecule has 0 saturated carbocycles. The molecule has 9 heteroatoms. The minimum atomic E-state index is -0.274. The number of nitrogens with two attached hydrogens (primary N) is 1. The zero-order valence-corrected chi connectivity index (χ0v) is 20.7. The molecule has 8 nitrogen and oxygen atoms in total. The summed E-state index contributed by atoms with van der Waals surface area (Å²) in [4.78, 5) is 24.6. The molecule has 0 unspecified atom stereocenters. The Morgan fingerprint density at radius 1 is 0.947 bits per heavy atom. The van der Waals surface area contributed by atoms with E-state index < -0.39 is 0 Å². The zero-order valence-electron chi connectivity index (χ0n) is 20.7. The van der Waals surface area contributed by atoms with Crippen molar-refractivity contribution in [3.05, 3.63) is 85.1 Å². The van der Waals surface area contributed by atoms with Crippen LogP contribution in [-0.4, -0.2) is 31.1 Å². The highest BCUT2D eigenvalue weighted by Crippen LogP contribution is 2.35. The fourth-order valence-electron chi connectivity index (χ4n) is 4.59. The first kappa shape index (κ1) is 23.5. The largest absolute Gasteiger partial charge is 0.353 e. The van der Waals surface area contributed by atoms with Crippen molar-refractivity contribution in [3.8, 4) is 33.6 Å². The van der Waals surface area contributed by atoms with E-state index in [9.17, 15) is 9.18 Å². The SMILES string of the molecule is CC(C)C(=O)N(N)c1cncc(-c2cnc3[nH]nc(-c4cc5c(-c6ccccc6F)cccc5[nH]4)c3c2)c1. The topological polar surface area (TPSA) is 117 Å². The van der Waals surface area contributed by atoms with Gasteiger partial charge in [-0.05, 0) is 35.9 Å². The third-order valence-electron chi connectivity index (χ3n) is 6.57. The number of carbonyl (C=O) groups excluding carboxylic acids is 1. The molecule has 2 aromatic carbocycles. The summed E-state index contributed by atoms with van der Waals surface area (Å²) in [7, 11) is 0. The molecule has 0 aliphatic carbocycles. The fourth-order valence-corrected chi connectivity index (χ4v) is 4.59. The Balaban J connectivity index is 1.43. The number of hydrogen-bond donors (Lipinski definition) is 3. The first-order valence-corrected chi connectivity index (χ1v) is 12.2. The van der Waals surface area contributed by atoms with Crippen LogP contribution in [-0.2, 0) is 4.79 Å². The molecular weight excluding hydrogens is 481 g/mol. The Kier molecular flexibility index (Phi) is 5.69. The van der Waals surface area contributed by atoms with Gasteiger partial charge in [-0.2, -0.15) is 5.10 Å². The van der Waals surface area contributed by atoms with Gasteiger partial charge in [-0.1, -0.05) is 44.2 Å². The predicted molar refractivity (Wildman–Crippen MR) is 146 cm³/mol. The van der Waals surface area contributed by atoms with Crippen LogP contribution in [0.25, 0.3) is 55.6 Å². The van der Waals surface area contributed by atoms with Crippen LogP contribution in [0.2, 0.25) is 0 Å². The lowest BCUT2D eigenvalue weighted by atomic mass is 10.0. The van der Waals surface area contributed by atoms with Crippen LogP contribution >= 0.6 is 0 Å². The molecule has 38 heavy (non-hydrogen) atoms. The summed E-state index contributed by atoms with van der Waals surface area (Å²) in [5, 5.41) is 10.3. The summed E-state index contributed by atoms with van der Waals surface area (Å²) in [5.41, 5.74) is 6.33. The van der Waals surface area contributed by atoms with Crippen LogP contribution < -0.4 is 10.9 Å². The van der Waals surface area contributed by atoms with Crippen molar-refractivity contribution in [2.45, 2.75) is 13.8 Å². The molecule has 188 valence electrons. The van der Waals surface area contributed by atoms with Crippen LogP contribution in [0.5, 0.6) is 0 Å². The Morgan fingerprint density at radius 2 is 1.74 bits per heavy atom. The van der Waals surface area contributed by atoms with Gasteiger partial charge in [-0.25, -0.2) is 20.2 Å². The lowest BCUT2D eigenvalue weighted by Crippen LogP contribution is -2.40. The lowest BCUT2D eigenvalue weighted by molar-refractivity contribution is -0.121. The van der Waals surface area contributed by atoms with E-state index in [2.05, 4.69) is 25.1 Å². The highest BCUT2D eigenvalue weighted by molar-refractivity contribution is 6.01. The van der Waals surface area contributed by atoms with E-state index in [-0.39, 0.29) is 17.6 Å². The van der Waals surface area contributed by atoms with E-state index >= 15 is 0 Å². The summed E-state index contributed by atoms with van der Waals surface area (Å²) in [5.74, 6) is 5.32. The molecule has 0 fully saturated rings.